The minimum atomic E-state index is -0.668. The molecule has 2 aliphatic carbocycles. The normalized spacial score (nSPS) is 20.1. The van der Waals surface area contributed by atoms with Gasteiger partial charge >= 0.3 is 0 Å². The fourth-order valence-electron chi connectivity index (χ4n) is 3.79. The molecule has 1 fully saturated rings. The van der Waals surface area contributed by atoms with Crippen molar-refractivity contribution < 1.29 is 9.90 Å². The lowest BCUT2D eigenvalue weighted by atomic mass is 9.90. The summed E-state index contributed by atoms with van der Waals surface area (Å²) in [6.07, 6.45) is 8.47. The van der Waals surface area contributed by atoms with E-state index in [9.17, 15) is 9.90 Å². The second-order valence-electron chi connectivity index (χ2n) is 6.78. The number of nitrogens with zero attached hydrogens (tertiary/aromatic N) is 1. The lowest BCUT2D eigenvalue weighted by Crippen LogP contribution is -2.42. The van der Waals surface area contributed by atoms with Crippen LogP contribution in [0.1, 0.15) is 60.0 Å². The van der Waals surface area contributed by atoms with Crippen LogP contribution >= 0.6 is 0 Å². The smallest absolute Gasteiger partial charge is 0.253 e. The minimum Gasteiger partial charge on any atom is -0.388 e. The molecular weight excluding hydrogens is 262 g/mol. The van der Waals surface area contributed by atoms with E-state index in [1.807, 2.05) is 6.07 Å². The van der Waals surface area contributed by atoms with E-state index in [1.54, 1.807) is 11.9 Å². The van der Waals surface area contributed by atoms with E-state index in [0.29, 0.717) is 6.54 Å². The Kier molecular flexibility index (Phi) is 4.03. The van der Waals surface area contributed by atoms with Crippen molar-refractivity contribution in [2.75, 3.05) is 13.6 Å². The zero-order valence-electron chi connectivity index (χ0n) is 12.9. The number of benzene rings is 1. The van der Waals surface area contributed by atoms with Gasteiger partial charge in [-0.3, -0.25) is 4.79 Å². The highest BCUT2D eigenvalue weighted by atomic mass is 16.3. The Morgan fingerprint density at radius 2 is 1.81 bits per heavy atom. The molecule has 0 aliphatic heterocycles. The lowest BCUT2D eigenvalue weighted by Gasteiger charge is -2.29. The SMILES string of the molecule is CN(CC1(O)CCCC1)C(=O)c1ccc2c(c1)CCCC2. The second kappa shape index (κ2) is 5.80. The van der Waals surface area contributed by atoms with Crippen LogP contribution in [0, 0.1) is 0 Å². The summed E-state index contributed by atoms with van der Waals surface area (Å²) in [5.41, 5.74) is 2.83. The third-order valence-electron chi connectivity index (χ3n) is 5.01. The fourth-order valence-corrected chi connectivity index (χ4v) is 3.79. The quantitative estimate of drug-likeness (QED) is 0.928. The van der Waals surface area contributed by atoms with E-state index < -0.39 is 5.60 Å². The van der Waals surface area contributed by atoms with Crippen molar-refractivity contribution in [2.45, 2.75) is 57.0 Å². The van der Waals surface area contributed by atoms with Gasteiger partial charge in [0, 0.05) is 19.2 Å². The molecule has 21 heavy (non-hydrogen) atoms. The summed E-state index contributed by atoms with van der Waals surface area (Å²) >= 11 is 0. The van der Waals surface area contributed by atoms with Gasteiger partial charge < -0.3 is 10.0 Å². The molecule has 0 bridgehead atoms. The molecule has 0 atom stereocenters. The third-order valence-corrected chi connectivity index (χ3v) is 5.01. The number of likely N-dealkylation sites (N-methyl/N-ethyl adjacent to an activating group) is 1. The van der Waals surface area contributed by atoms with Gasteiger partial charge in [-0.2, -0.15) is 0 Å². The first-order chi connectivity index (χ1) is 10.1. The summed E-state index contributed by atoms with van der Waals surface area (Å²) in [5.74, 6) is 0.0312. The molecule has 2 aliphatic rings. The number of aliphatic hydroxyl groups is 1. The molecule has 1 N–H and O–H groups in total. The van der Waals surface area contributed by atoms with Gasteiger partial charge in [-0.25, -0.2) is 0 Å². The Labute approximate surface area is 127 Å². The number of hydrogen-bond donors (Lipinski definition) is 1. The van der Waals surface area contributed by atoms with Crippen LogP contribution in [0.15, 0.2) is 18.2 Å². The zero-order valence-corrected chi connectivity index (χ0v) is 12.9. The number of fused-ring (bicyclic) bond motifs is 1. The topological polar surface area (TPSA) is 40.5 Å². The van der Waals surface area contributed by atoms with Gasteiger partial charge in [0.05, 0.1) is 5.60 Å². The summed E-state index contributed by atoms with van der Waals surface area (Å²) in [4.78, 5) is 14.3. The molecule has 1 aromatic carbocycles. The molecule has 3 heteroatoms. The molecule has 3 nitrogen and oxygen atoms in total. The molecule has 0 radical (unpaired) electrons. The average Bonchev–Trinajstić information content (AvgIpc) is 2.92. The summed E-state index contributed by atoms with van der Waals surface area (Å²) in [6.45, 7) is 0.447. The van der Waals surface area contributed by atoms with Crippen LogP contribution < -0.4 is 0 Å². The highest BCUT2D eigenvalue weighted by Crippen LogP contribution is 2.30. The van der Waals surface area contributed by atoms with Crippen molar-refractivity contribution in [3.05, 3.63) is 34.9 Å². The van der Waals surface area contributed by atoms with Crippen LogP contribution in [0.2, 0.25) is 0 Å². The van der Waals surface area contributed by atoms with Crippen molar-refractivity contribution >= 4 is 5.91 Å². The first kappa shape index (κ1) is 14.6. The molecule has 0 saturated heterocycles. The van der Waals surface area contributed by atoms with Crippen molar-refractivity contribution in [1.29, 1.82) is 0 Å². The van der Waals surface area contributed by atoms with Gasteiger partial charge in [-0.05, 0) is 61.8 Å². The van der Waals surface area contributed by atoms with Gasteiger partial charge in [-0.1, -0.05) is 18.9 Å². The Bertz CT molecular complexity index is 532. The Morgan fingerprint density at radius 1 is 1.14 bits per heavy atom. The summed E-state index contributed by atoms with van der Waals surface area (Å²) in [6, 6.07) is 6.12. The molecule has 0 aromatic heterocycles. The Hall–Kier alpha value is -1.35. The average molecular weight is 287 g/mol. The van der Waals surface area contributed by atoms with E-state index in [2.05, 4.69) is 12.1 Å². The van der Waals surface area contributed by atoms with Crippen molar-refractivity contribution in [1.82, 2.24) is 4.90 Å². The number of carbonyl (C=O) groups is 1. The number of carbonyl (C=O) groups excluding carboxylic acids is 1. The van der Waals surface area contributed by atoms with Gasteiger partial charge in [0.2, 0.25) is 0 Å². The van der Waals surface area contributed by atoms with Crippen molar-refractivity contribution in [3.8, 4) is 0 Å². The number of rotatable bonds is 3. The van der Waals surface area contributed by atoms with E-state index in [1.165, 1.54) is 24.0 Å². The highest BCUT2D eigenvalue weighted by Gasteiger charge is 2.33. The predicted octanol–water partition coefficient (Wildman–Crippen LogP) is 2.94. The first-order valence-corrected chi connectivity index (χ1v) is 8.17. The molecule has 1 saturated carbocycles. The molecule has 1 aromatic rings. The monoisotopic (exact) mass is 287 g/mol. The predicted molar refractivity (Wildman–Crippen MR) is 83.5 cm³/mol. The van der Waals surface area contributed by atoms with Gasteiger partial charge in [0.15, 0.2) is 0 Å². The first-order valence-electron chi connectivity index (χ1n) is 8.17. The number of aryl methyl sites for hydroxylation is 2. The fraction of sp³-hybridized carbons (Fsp3) is 0.611. The molecule has 0 unspecified atom stereocenters. The van der Waals surface area contributed by atoms with Crippen LogP contribution in [-0.2, 0) is 12.8 Å². The van der Waals surface area contributed by atoms with E-state index >= 15 is 0 Å². The van der Waals surface area contributed by atoms with Crippen molar-refractivity contribution in [2.24, 2.45) is 0 Å². The second-order valence-corrected chi connectivity index (χ2v) is 6.78. The zero-order chi connectivity index (χ0) is 14.9. The minimum absolute atomic E-state index is 0.0312. The molecule has 114 valence electrons. The van der Waals surface area contributed by atoms with Crippen LogP contribution in [0.3, 0.4) is 0 Å². The standard InChI is InChI=1S/C18H25NO2/c1-19(13-18(21)10-4-5-11-18)17(20)16-9-8-14-6-2-3-7-15(14)12-16/h8-9,12,21H,2-7,10-11,13H2,1H3. The maximum atomic E-state index is 12.6. The summed E-state index contributed by atoms with van der Waals surface area (Å²) in [7, 11) is 1.80. The lowest BCUT2D eigenvalue weighted by molar-refractivity contribution is 0.0157. The molecular formula is C18H25NO2. The summed E-state index contributed by atoms with van der Waals surface area (Å²) < 4.78 is 0. The van der Waals surface area contributed by atoms with E-state index in [4.69, 9.17) is 0 Å². The van der Waals surface area contributed by atoms with Crippen LogP contribution in [0.25, 0.3) is 0 Å². The van der Waals surface area contributed by atoms with Gasteiger partial charge in [0.1, 0.15) is 0 Å². The molecule has 0 spiro atoms. The maximum absolute atomic E-state index is 12.6. The van der Waals surface area contributed by atoms with Gasteiger partial charge in [0.25, 0.3) is 5.91 Å². The summed E-state index contributed by atoms with van der Waals surface area (Å²) in [5, 5.41) is 10.5. The Balaban J connectivity index is 1.72. The van der Waals surface area contributed by atoms with Crippen LogP contribution in [0.5, 0.6) is 0 Å². The highest BCUT2D eigenvalue weighted by molar-refractivity contribution is 5.94. The third kappa shape index (κ3) is 3.13. The maximum Gasteiger partial charge on any atom is 0.253 e. The van der Waals surface area contributed by atoms with Crippen LogP contribution in [0.4, 0.5) is 0 Å². The molecule has 1 amide bonds. The number of hydrogen-bond acceptors (Lipinski definition) is 2. The van der Waals surface area contributed by atoms with E-state index in [-0.39, 0.29) is 5.91 Å². The Morgan fingerprint density at radius 3 is 2.52 bits per heavy atom. The molecule has 3 rings (SSSR count). The van der Waals surface area contributed by atoms with Crippen molar-refractivity contribution in [3.63, 3.8) is 0 Å². The largest absolute Gasteiger partial charge is 0.388 e. The number of amides is 1. The van der Waals surface area contributed by atoms with Crippen LogP contribution in [-0.4, -0.2) is 35.1 Å². The van der Waals surface area contributed by atoms with E-state index in [0.717, 1.165) is 44.1 Å². The van der Waals surface area contributed by atoms with Gasteiger partial charge in [-0.15, -0.1) is 0 Å². The molecule has 0 heterocycles.